The van der Waals surface area contributed by atoms with Crippen LogP contribution < -0.4 is 5.32 Å². The molecule has 0 aliphatic carbocycles. The van der Waals surface area contributed by atoms with Crippen LogP contribution in [0.3, 0.4) is 0 Å². The molecule has 2 aliphatic rings. The molecule has 0 bridgehead atoms. The van der Waals surface area contributed by atoms with E-state index in [9.17, 15) is 4.79 Å². The Morgan fingerprint density at radius 1 is 1.27 bits per heavy atom. The summed E-state index contributed by atoms with van der Waals surface area (Å²) in [5.41, 5.74) is 0. The average molecular weight is 213 g/mol. The van der Waals surface area contributed by atoms with Crippen molar-refractivity contribution in [2.75, 3.05) is 32.9 Å². The van der Waals surface area contributed by atoms with Gasteiger partial charge in [0.05, 0.1) is 12.7 Å². The molecule has 0 radical (unpaired) electrons. The minimum Gasteiger partial charge on any atom is -0.381 e. The fourth-order valence-electron chi connectivity index (χ4n) is 2.16. The fraction of sp³-hybridized carbons (Fsp3) is 0.909. The van der Waals surface area contributed by atoms with Gasteiger partial charge in [0.15, 0.2) is 0 Å². The van der Waals surface area contributed by atoms with Crippen LogP contribution in [0.1, 0.15) is 19.3 Å². The number of carbonyl (C=O) groups is 1. The van der Waals surface area contributed by atoms with Crippen molar-refractivity contribution >= 4 is 5.78 Å². The fourth-order valence-corrected chi connectivity index (χ4v) is 2.16. The summed E-state index contributed by atoms with van der Waals surface area (Å²) in [6, 6.07) is 0. The molecule has 86 valence electrons. The molecule has 4 heteroatoms. The number of hydrogen-bond acceptors (Lipinski definition) is 4. The van der Waals surface area contributed by atoms with E-state index in [0.717, 1.165) is 45.8 Å². The lowest BCUT2D eigenvalue weighted by atomic mass is 9.92. The Morgan fingerprint density at radius 2 is 2.07 bits per heavy atom. The molecule has 2 fully saturated rings. The van der Waals surface area contributed by atoms with Gasteiger partial charge in [0.1, 0.15) is 5.78 Å². The maximum absolute atomic E-state index is 11.9. The standard InChI is InChI=1S/C11H19NO3/c13-11(9-1-4-14-5-2-9)7-10-8-12-3-6-15-10/h9-10,12H,1-8H2. The number of hydrogen-bond donors (Lipinski definition) is 1. The zero-order chi connectivity index (χ0) is 10.5. The number of ether oxygens (including phenoxy) is 2. The highest BCUT2D eigenvalue weighted by atomic mass is 16.5. The summed E-state index contributed by atoms with van der Waals surface area (Å²) in [4.78, 5) is 11.9. The van der Waals surface area contributed by atoms with E-state index in [1.165, 1.54) is 0 Å². The third-order valence-corrected chi connectivity index (χ3v) is 3.11. The Kier molecular flexibility index (Phi) is 4.11. The molecule has 2 heterocycles. The van der Waals surface area contributed by atoms with Crippen molar-refractivity contribution in [1.29, 1.82) is 0 Å². The first-order chi connectivity index (χ1) is 7.36. The third-order valence-electron chi connectivity index (χ3n) is 3.11. The second kappa shape index (κ2) is 5.58. The van der Waals surface area contributed by atoms with Gasteiger partial charge in [0.25, 0.3) is 0 Å². The van der Waals surface area contributed by atoms with E-state index in [-0.39, 0.29) is 12.0 Å². The number of ketones is 1. The van der Waals surface area contributed by atoms with E-state index >= 15 is 0 Å². The summed E-state index contributed by atoms with van der Waals surface area (Å²) >= 11 is 0. The molecule has 2 aliphatic heterocycles. The van der Waals surface area contributed by atoms with Crippen molar-refractivity contribution in [3.8, 4) is 0 Å². The molecule has 1 unspecified atom stereocenters. The van der Waals surface area contributed by atoms with Gasteiger partial charge >= 0.3 is 0 Å². The van der Waals surface area contributed by atoms with Crippen LogP contribution in [0, 0.1) is 5.92 Å². The minimum atomic E-state index is 0.0918. The van der Waals surface area contributed by atoms with E-state index in [1.807, 2.05) is 0 Å². The zero-order valence-electron chi connectivity index (χ0n) is 9.04. The molecule has 0 saturated carbocycles. The lowest BCUT2D eigenvalue weighted by Gasteiger charge is -2.26. The van der Waals surface area contributed by atoms with E-state index in [4.69, 9.17) is 9.47 Å². The van der Waals surface area contributed by atoms with Crippen LogP contribution in [0.4, 0.5) is 0 Å². The number of Topliss-reactive ketones (excluding diaryl/α,β-unsaturated/α-hetero) is 1. The molecule has 0 amide bonds. The number of rotatable bonds is 3. The smallest absolute Gasteiger partial charge is 0.138 e. The Hall–Kier alpha value is -0.450. The largest absolute Gasteiger partial charge is 0.381 e. The van der Waals surface area contributed by atoms with E-state index < -0.39 is 0 Å². The lowest BCUT2D eigenvalue weighted by Crippen LogP contribution is -2.40. The first-order valence-electron chi connectivity index (χ1n) is 5.79. The van der Waals surface area contributed by atoms with Gasteiger partial charge in [-0.2, -0.15) is 0 Å². The molecule has 0 aromatic heterocycles. The first-order valence-corrected chi connectivity index (χ1v) is 5.79. The van der Waals surface area contributed by atoms with Crippen molar-refractivity contribution in [2.45, 2.75) is 25.4 Å². The van der Waals surface area contributed by atoms with E-state index in [1.54, 1.807) is 0 Å². The monoisotopic (exact) mass is 213 g/mol. The molecule has 15 heavy (non-hydrogen) atoms. The van der Waals surface area contributed by atoms with Gasteiger partial charge in [-0.25, -0.2) is 0 Å². The molecule has 2 saturated heterocycles. The second-order valence-electron chi connectivity index (χ2n) is 4.25. The summed E-state index contributed by atoms with van der Waals surface area (Å²) < 4.78 is 10.8. The summed E-state index contributed by atoms with van der Waals surface area (Å²) in [7, 11) is 0. The molecule has 0 spiro atoms. The maximum atomic E-state index is 11.9. The molecular formula is C11H19NO3. The highest BCUT2D eigenvalue weighted by Crippen LogP contribution is 2.18. The zero-order valence-corrected chi connectivity index (χ0v) is 9.04. The molecule has 0 aromatic carbocycles. The lowest BCUT2D eigenvalue weighted by molar-refractivity contribution is -0.129. The number of carbonyl (C=O) groups excluding carboxylic acids is 1. The van der Waals surface area contributed by atoms with Crippen LogP contribution >= 0.6 is 0 Å². The van der Waals surface area contributed by atoms with Gasteiger partial charge in [0.2, 0.25) is 0 Å². The van der Waals surface area contributed by atoms with E-state index in [2.05, 4.69) is 5.32 Å². The van der Waals surface area contributed by atoms with Crippen molar-refractivity contribution in [3.63, 3.8) is 0 Å². The van der Waals surface area contributed by atoms with Crippen LogP contribution in [0.25, 0.3) is 0 Å². The Morgan fingerprint density at radius 3 is 2.73 bits per heavy atom. The summed E-state index contributed by atoms with van der Waals surface area (Å²) in [5.74, 6) is 0.566. The summed E-state index contributed by atoms with van der Waals surface area (Å²) in [6.45, 7) is 3.92. The SMILES string of the molecule is O=C(CC1CNCCO1)C1CCOCC1. The van der Waals surface area contributed by atoms with Crippen molar-refractivity contribution in [2.24, 2.45) is 5.92 Å². The third kappa shape index (κ3) is 3.26. The Bertz CT molecular complexity index is 208. The number of morpholine rings is 1. The van der Waals surface area contributed by atoms with Gasteiger partial charge < -0.3 is 14.8 Å². The van der Waals surface area contributed by atoms with Gasteiger partial charge in [-0.1, -0.05) is 0 Å². The molecular weight excluding hydrogens is 194 g/mol. The minimum absolute atomic E-state index is 0.0918. The quantitative estimate of drug-likeness (QED) is 0.735. The molecule has 2 rings (SSSR count). The maximum Gasteiger partial charge on any atom is 0.138 e. The molecule has 0 aromatic rings. The summed E-state index contributed by atoms with van der Waals surface area (Å²) in [6.07, 6.45) is 2.43. The first kappa shape index (κ1) is 11.0. The van der Waals surface area contributed by atoms with Crippen LogP contribution in [0.2, 0.25) is 0 Å². The molecule has 1 atom stereocenters. The molecule has 1 N–H and O–H groups in total. The summed E-state index contributed by atoms with van der Waals surface area (Å²) in [5, 5.41) is 3.24. The van der Waals surface area contributed by atoms with Gasteiger partial charge in [-0.05, 0) is 12.8 Å². The predicted octanol–water partition coefficient (Wildman–Crippen LogP) is 0.361. The highest BCUT2D eigenvalue weighted by molar-refractivity contribution is 5.81. The molecule has 4 nitrogen and oxygen atoms in total. The Labute approximate surface area is 90.3 Å². The van der Waals surface area contributed by atoms with E-state index in [0.29, 0.717) is 12.2 Å². The van der Waals surface area contributed by atoms with Crippen LogP contribution in [0.15, 0.2) is 0 Å². The second-order valence-corrected chi connectivity index (χ2v) is 4.25. The topological polar surface area (TPSA) is 47.6 Å². The van der Waals surface area contributed by atoms with Gasteiger partial charge in [-0.3, -0.25) is 4.79 Å². The van der Waals surface area contributed by atoms with Crippen LogP contribution in [-0.2, 0) is 14.3 Å². The number of nitrogens with one attached hydrogen (secondary N) is 1. The Balaban J connectivity index is 1.74. The van der Waals surface area contributed by atoms with Crippen molar-refractivity contribution in [3.05, 3.63) is 0 Å². The van der Waals surface area contributed by atoms with Crippen LogP contribution in [0.5, 0.6) is 0 Å². The average Bonchev–Trinajstić information content (AvgIpc) is 2.31. The highest BCUT2D eigenvalue weighted by Gasteiger charge is 2.25. The predicted molar refractivity (Wildman–Crippen MR) is 55.8 cm³/mol. The van der Waals surface area contributed by atoms with Crippen molar-refractivity contribution < 1.29 is 14.3 Å². The van der Waals surface area contributed by atoms with Crippen LogP contribution in [-0.4, -0.2) is 44.8 Å². The van der Waals surface area contributed by atoms with Crippen molar-refractivity contribution in [1.82, 2.24) is 5.32 Å². The normalized spacial score (nSPS) is 28.9. The van der Waals surface area contributed by atoms with Gasteiger partial charge in [-0.15, -0.1) is 0 Å². The van der Waals surface area contributed by atoms with Gasteiger partial charge in [0, 0.05) is 38.6 Å².